The molecule has 1 saturated heterocycles. The van der Waals surface area contributed by atoms with Crippen molar-refractivity contribution in [2.45, 2.75) is 58.2 Å². The van der Waals surface area contributed by atoms with Gasteiger partial charge in [0.25, 0.3) is 0 Å². The van der Waals surface area contributed by atoms with E-state index in [-0.39, 0.29) is 11.6 Å². The molecule has 5 aromatic rings. The summed E-state index contributed by atoms with van der Waals surface area (Å²) in [4.78, 5) is 11.6. The lowest BCUT2D eigenvalue weighted by Crippen LogP contribution is -2.52. The number of nitrogens with zero attached hydrogens (tertiary/aromatic N) is 5. The smallest absolute Gasteiger partial charge is 0.103 e. The number of hydrogen-bond acceptors (Lipinski definition) is 10. The summed E-state index contributed by atoms with van der Waals surface area (Å²) in [6.07, 6.45) is 5.86. The third-order valence-electron chi connectivity index (χ3n) is 9.21. The number of benzene rings is 3. The van der Waals surface area contributed by atoms with Gasteiger partial charge in [-0.15, -0.1) is 16.9 Å². The maximum absolute atomic E-state index is 10.0. The minimum atomic E-state index is -0.253. The van der Waals surface area contributed by atoms with E-state index in [0.717, 1.165) is 69.7 Å². The first-order valence-electron chi connectivity index (χ1n) is 16.0. The zero-order valence-electron chi connectivity index (χ0n) is 27.2. The maximum Gasteiger partial charge on any atom is 0.103 e. The molecule has 4 N–H and O–H groups in total. The summed E-state index contributed by atoms with van der Waals surface area (Å²) in [5.41, 5.74) is 16.1. The molecule has 246 valence electrons. The molecule has 0 radical (unpaired) electrons. The van der Waals surface area contributed by atoms with Gasteiger partial charge in [-0.05, 0) is 88.1 Å². The maximum atomic E-state index is 10.0. The fourth-order valence-corrected chi connectivity index (χ4v) is 7.61. The number of hydrogen-bond donors (Lipinski definition) is 4. The molecule has 9 nitrogen and oxygen atoms in total. The number of halogens is 2. The Balaban J connectivity index is 1.25. The quantitative estimate of drug-likeness (QED) is 0.133. The van der Waals surface area contributed by atoms with Crippen molar-refractivity contribution in [2.24, 2.45) is 0 Å². The van der Waals surface area contributed by atoms with Crippen LogP contribution in [0.15, 0.2) is 72.1 Å². The molecule has 3 aromatic carbocycles. The van der Waals surface area contributed by atoms with Gasteiger partial charge < -0.3 is 16.1 Å². The number of aromatic nitrogens is 2. The Morgan fingerprint density at radius 1 is 1.02 bits per heavy atom. The number of rotatable bonds is 7. The van der Waals surface area contributed by atoms with Crippen LogP contribution in [0.4, 0.5) is 17.1 Å². The first kappa shape index (κ1) is 32.4. The van der Waals surface area contributed by atoms with Crippen molar-refractivity contribution in [1.29, 1.82) is 5.26 Å². The summed E-state index contributed by atoms with van der Waals surface area (Å²) in [6, 6.07) is 18.4. The van der Waals surface area contributed by atoms with Crippen LogP contribution < -0.4 is 21.6 Å². The molecule has 4 heterocycles. The Morgan fingerprint density at radius 3 is 2.56 bits per heavy atom. The number of piperidine rings is 1. The van der Waals surface area contributed by atoms with Crippen LogP contribution >= 0.6 is 34.5 Å². The highest BCUT2D eigenvalue weighted by Gasteiger charge is 2.32. The number of likely N-dealkylation sites (tertiary alicyclic amines) is 1. The molecule has 0 unspecified atom stereocenters. The fourth-order valence-electron chi connectivity index (χ4n) is 6.44. The first-order chi connectivity index (χ1) is 23.1. The van der Waals surface area contributed by atoms with Gasteiger partial charge >= 0.3 is 0 Å². The molecule has 48 heavy (non-hydrogen) atoms. The first-order valence-corrected chi connectivity index (χ1v) is 17.6. The molecule has 0 amide bonds. The van der Waals surface area contributed by atoms with E-state index in [9.17, 15) is 5.26 Å². The lowest BCUT2D eigenvalue weighted by atomic mass is 9.98. The fraction of sp³-hybridized carbons (Fsp3) is 0.306. The van der Waals surface area contributed by atoms with Gasteiger partial charge in [-0.2, -0.15) is 5.26 Å². The molecule has 12 heteroatoms. The van der Waals surface area contributed by atoms with E-state index in [1.54, 1.807) is 17.5 Å². The van der Waals surface area contributed by atoms with Gasteiger partial charge in [0.15, 0.2) is 0 Å². The predicted molar refractivity (Wildman–Crippen MR) is 197 cm³/mol. The van der Waals surface area contributed by atoms with Crippen LogP contribution in [0.5, 0.6) is 0 Å². The highest BCUT2D eigenvalue weighted by Crippen LogP contribution is 2.38. The van der Waals surface area contributed by atoms with Crippen LogP contribution in [0.1, 0.15) is 56.3 Å². The summed E-state index contributed by atoms with van der Waals surface area (Å²) in [5, 5.41) is 21.3. The Labute approximate surface area is 294 Å². The van der Waals surface area contributed by atoms with Crippen molar-refractivity contribution in [3.05, 3.63) is 98.9 Å². The van der Waals surface area contributed by atoms with Crippen molar-refractivity contribution in [3.63, 3.8) is 0 Å². The van der Waals surface area contributed by atoms with Gasteiger partial charge in [-0.1, -0.05) is 35.3 Å². The molecule has 0 bridgehead atoms. The van der Waals surface area contributed by atoms with Gasteiger partial charge in [0, 0.05) is 58.9 Å². The van der Waals surface area contributed by atoms with Gasteiger partial charge in [0.1, 0.15) is 6.07 Å². The van der Waals surface area contributed by atoms with Crippen molar-refractivity contribution in [3.8, 4) is 6.07 Å². The summed E-state index contributed by atoms with van der Waals surface area (Å²) in [5.74, 6) is 0. The van der Waals surface area contributed by atoms with Gasteiger partial charge in [0.2, 0.25) is 0 Å². The minimum absolute atomic E-state index is 0.167. The summed E-state index contributed by atoms with van der Waals surface area (Å²) in [7, 11) is 0. The molecule has 7 rings (SSSR count). The van der Waals surface area contributed by atoms with E-state index in [1.807, 2.05) is 42.8 Å². The third kappa shape index (κ3) is 6.49. The lowest BCUT2D eigenvalue weighted by Gasteiger charge is -2.42. The van der Waals surface area contributed by atoms with Crippen LogP contribution in [-0.2, 0) is 0 Å². The van der Waals surface area contributed by atoms with Gasteiger partial charge in [-0.25, -0.2) is 4.98 Å². The van der Waals surface area contributed by atoms with E-state index < -0.39 is 0 Å². The van der Waals surface area contributed by atoms with Crippen molar-refractivity contribution in [2.75, 3.05) is 23.7 Å². The van der Waals surface area contributed by atoms with E-state index in [1.165, 1.54) is 0 Å². The second-order valence-corrected chi connectivity index (χ2v) is 15.1. The van der Waals surface area contributed by atoms with Crippen molar-refractivity contribution in [1.82, 2.24) is 30.8 Å². The second kappa shape index (κ2) is 13.1. The van der Waals surface area contributed by atoms with Crippen LogP contribution in [0.3, 0.4) is 0 Å². The summed E-state index contributed by atoms with van der Waals surface area (Å²) >= 11 is 15.0. The number of nitriles is 1. The van der Waals surface area contributed by atoms with Gasteiger partial charge in [-0.3, -0.25) is 14.9 Å². The topological polar surface area (TPSA) is 104 Å². The van der Waals surface area contributed by atoms with E-state index in [0.29, 0.717) is 32.9 Å². The molecule has 2 aliphatic heterocycles. The zero-order chi connectivity index (χ0) is 33.6. The highest BCUT2D eigenvalue weighted by atomic mass is 35.5. The molecule has 1 atom stereocenters. The molecular weight excluding hydrogens is 661 g/mol. The molecule has 1 fully saturated rings. The standard InChI is InChI=1S/C36H37Cl2N9S/c1-21-5-7-24(15-28(21)37)42-33-23(17-39)18-40-35-27(33)14-25(16-29(35)38)43-34(22-6-8-30-32(13-22)48-20-41-30)31-19-47(45-44-31)26-9-11-46(12-10-26)36(2,3)4/h5-8,13-16,18-20,26,34,43-45H,9-12H2,1-4H3,(H,40,42)/t34-/m0/s1. The van der Waals surface area contributed by atoms with Crippen LogP contribution in [0, 0.1) is 18.3 Å². The number of hydrazine groups is 2. The van der Waals surface area contributed by atoms with E-state index in [2.05, 4.69) is 92.7 Å². The summed E-state index contributed by atoms with van der Waals surface area (Å²) < 4.78 is 1.11. The molecular formula is C36H37Cl2N9S. The number of thiazole rings is 1. The molecule has 0 aliphatic carbocycles. The monoisotopic (exact) mass is 697 g/mol. The Kier molecular flexibility index (Phi) is 8.83. The second-order valence-electron chi connectivity index (χ2n) is 13.4. The minimum Gasteiger partial charge on any atom is -0.373 e. The SMILES string of the molecule is Cc1ccc(Nc2c(C#N)cnc3c(Cl)cc(N[C@H](C4=CN(C5CCN(C(C)(C)C)CC5)NN4)c4ccc5ncsc5c4)cc23)cc1Cl. The number of nitrogens with one attached hydrogen (secondary N) is 4. The average Bonchev–Trinajstić information content (AvgIpc) is 3.75. The lowest BCUT2D eigenvalue weighted by molar-refractivity contribution is 0.0570. The number of pyridine rings is 1. The Bertz CT molecular complexity index is 2070. The number of anilines is 3. The van der Waals surface area contributed by atoms with Crippen LogP contribution in [0.25, 0.3) is 21.1 Å². The number of aryl methyl sites for hydroxylation is 1. The zero-order valence-corrected chi connectivity index (χ0v) is 29.6. The molecule has 0 saturated carbocycles. The van der Waals surface area contributed by atoms with E-state index in [4.69, 9.17) is 23.2 Å². The Hall–Kier alpha value is -4.11. The highest BCUT2D eigenvalue weighted by molar-refractivity contribution is 7.16. The normalized spacial score (nSPS) is 16.5. The van der Waals surface area contributed by atoms with Gasteiger partial charge in [0.05, 0.1) is 49.3 Å². The third-order valence-corrected chi connectivity index (χ3v) is 10.7. The molecule has 0 spiro atoms. The Morgan fingerprint density at radius 2 is 1.81 bits per heavy atom. The number of fused-ring (bicyclic) bond motifs is 2. The van der Waals surface area contributed by atoms with Crippen molar-refractivity contribution >= 4 is 72.7 Å². The summed E-state index contributed by atoms with van der Waals surface area (Å²) in [6.45, 7) is 10.9. The van der Waals surface area contributed by atoms with Crippen molar-refractivity contribution < 1.29 is 0 Å². The molecule has 2 aromatic heterocycles. The van der Waals surface area contributed by atoms with Crippen LogP contribution in [-0.4, -0.2) is 44.5 Å². The largest absolute Gasteiger partial charge is 0.373 e. The average molecular weight is 699 g/mol. The van der Waals surface area contributed by atoms with Crippen LogP contribution in [0.2, 0.25) is 10.0 Å². The molecule has 2 aliphatic rings. The van der Waals surface area contributed by atoms with E-state index >= 15 is 0 Å². The predicted octanol–water partition coefficient (Wildman–Crippen LogP) is 8.66.